The second-order valence-electron chi connectivity index (χ2n) is 5.36. The fraction of sp³-hybridized carbons (Fsp3) is 0.353. The van der Waals surface area contributed by atoms with Crippen LogP contribution in [0, 0.1) is 6.92 Å². The molecule has 0 bridgehead atoms. The van der Waals surface area contributed by atoms with Crippen LogP contribution in [-0.2, 0) is 22.4 Å². The van der Waals surface area contributed by atoms with Gasteiger partial charge in [-0.15, -0.1) is 11.3 Å². The molecule has 0 aliphatic rings. The number of amides is 1. The van der Waals surface area contributed by atoms with Crippen molar-refractivity contribution in [2.24, 2.45) is 0 Å². The fourth-order valence-electron chi connectivity index (χ4n) is 2.27. The van der Waals surface area contributed by atoms with Gasteiger partial charge in [0.1, 0.15) is 6.04 Å². The quantitative estimate of drug-likeness (QED) is 0.779. The summed E-state index contributed by atoms with van der Waals surface area (Å²) in [6, 6.07) is 8.39. The molecule has 5 nitrogen and oxygen atoms in total. The first-order valence-electron chi connectivity index (χ1n) is 7.51. The van der Waals surface area contributed by atoms with Crippen LogP contribution in [0.2, 0.25) is 0 Å². The van der Waals surface area contributed by atoms with E-state index in [0.717, 1.165) is 22.7 Å². The van der Waals surface area contributed by atoms with Crippen LogP contribution < -0.4 is 5.32 Å². The maximum Gasteiger partial charge on any atom is 0.326 e. The van der Waals surface area contributed by atoms with Crippen LogP contribution in [0.25, 0.3) is 0 Å². The largest absolute Gasteiger partial charge is 0.480 e. The summed E-state index contributed by atoms with van der Waals surface area (Å²) in [4.78, 5) is 27.6. The molecule has 0 aliphatic heterocycles. The number of benzene rings is 1. The van der Waals surface area contributed by atoms with Crippen molar-refractivity contribution in [3.05, 3.63) is 52.0 Å². The molecule has 0 spiro atoms. The van der Waals surface area contributed by atoms with Gasteiger partial charge in [-0.2, -0.15) is 0 Å². The SMILES string of the molecule is Cc1nc(CCCC(=O)N[C@H](Cc2ccccc2)C(=O)O)cs1. The lowest BCUT2D eigenvalue weighted by molar-refractivity contribution is -0.141. The van der Waals surface area contributed by atoms with Crippen LogP contribution in [0.1, 0.15) is 29.1 Å². The Kier molecular flexibility index (Phi) is 6.29. The van der Waals surface area contributed by atoms with Gasteiger partial charge in [-0.25, -0.2) is 9.78 Å². The Morgan fingerprint density at radius 1 is 1.30 bits per heavy atom. The highest BCUT2D eigenvalue weighted by Crippen LogP contribution is 2.11. The summed E-state index contributed by atoms with van der Waals surface area (Å²) in [5, 5.41) is 14.9. The van der Waals surface area contributed by atoms with Gasteiger partial charge in [0.25, 0.3) is 0 Å². The molecule has 2 rings (SSSR count). The van der Waals surface area contributed by atoms with E-state index in [1.165, 1.54) is 0 Å². The average Bonchev–Trinajstić information content (AvgIpc) is 2.93. The van der Waals surface area contributed by atoms with Crippen LogP contribution in [0.15, 0.2) is 35.7 Å². The van der Waals surface area contributed by atoms with E-state index in [1.54, 1.807) is 11.3 Å². The van der Waals surface area contributed by atoms with Gasteiger partial charge in [0.2, 0.25) is 5.91 Å². The highest BCUT2D eigenvalue weighted by Gasteiger charge is 2.20. The number of carbonyl (C=O) groups is 2. The first-order valence-corrected chi connectivity index (χ1v) is 8.39. The number of carboxylic acids is 1. The Hall–Kier alpha value is -2.21. The summed E-state index contributed by atoms with van der Waals surface area (Å²) in [6.07, 6.45) is 1.98. The first kappa shape index (κ1) is 17.1. The number of nitrogens with zero attached hydrogens (tertiary/aromatic N) is 1. The molecule has 0 saturated heterocycles. The molecule has 1 aromatic carbocycles. The molecule has 0 fully saturated rings. The molecule has 2 aromatic rings. The third-order valence-electron chi connectivity index (χ3n) is 3.42. The predicted molar refractivity (Wildman–Crippen MR) is 89.5 cm³/mol. The van der Waals surface area contributed by atoms with Gasteiger partial charge in [-0.05, 0) is 25.3 Å². The second-order valence-corrected chi connectivity index (χ2v) is 6.42. The molecule has 23 heavy (non-hydrogen) atoms. The highest BCUT2D eigenvalue weighted by molar-refractivity contribution is 7.09. The lowest BCUT2D eigenvalue weighted by atomic mass is 10.1. The summed E-state index contributed by atoms with van der Waals surface area (Å²) in [6.45, 7) is 1.95. The third kappa shape index (κ3) is 5.83. The molecular formula is C17H20N2O3S. The Labute approximate surface area is 139 Å². The number of aliphatic carboxylic acids is 1. The number of aryl methyl sites for hydroxylation is 2. The maximum atomic E-state index is 12.0. The molecule has 2 N–H and O–H groups in total. The normalized spacial score (nSPS) is 11.9. The minimum atomic E-state index is -1.02. The van der Waals surface area contributed by atoms with Crippen molar-refractivity contribution in [2.75, 3.05) is 0 Å². The molecule has 6 heteroatoms. The van der Waals surface area contributed by atoms with E-state index in [9.17, 15) is 14.7 Å². The van der Waals surface area contributed by atoms with Gasteiger partial charge in [0.15, 0.2) is 0 Å². The zero-order valence-corrected chi connectivity index (χ0v) is 13.8. The highest BCUT2D eigenvalue weighted by atomic mass is 32.1. The van der Waals surface area contributed by atoms with E-state index in [1.807, 2.05) is 42.6 Å². The Morgan fingerprint density at radius 2 is 2.04 bits per heavy atom. The molecule has 0 aliphatic carbocycles. The van der Waals surface area contributed by atoms with Crippen LogP contribution in [0.5, 0.6) is 0 Å². The van der Waals surface area contributed by atoms with Crippen LogP contribution in [0.3, 0.4) is 0 Å². The van der Waals surface area contributed by atoms with Crippen LogP contribution in [0.4, 0.5) is 0 Å². The summed E-state index contributed by atoms with van der Waals surface area (Å²) >= 11 is 1.59. The lowest BCUT2D eigenvalue weighted by Crippen LogP contribution is -2.42. The van der Waals surface area contributed by atoms with Crippen molar-refractivity contribution < 1.29 is 14.7 Å². The van der Waals surface area contributed by atoms with Crippen LogP contribution >= 0.6 is 11.3 Å². The summed E-state index contributed by atoms with van der Waals surface area (Å²) in [5.41, 5.74) is 1.87. The van der Waals surface area contributed by atoms with Crippen molar-refractivity contribution in [1.29, 1.82) is 0 Å². The second kappa shape index (κ2) is 8.43. The van der Waals surface area contributed by atoms with E-state index < -0.39 is 12.0 Å². The van der Waals surface area contributed by atoms with E-state index in [4.69, 9.17) is 0 Å². The van der Waals surface area contributed by atoms with E-state index >= 15 is 0 Å². The van der Waals surface area contributed by atoms with E-state index in [2.05, 4.69) is 10.3 Å². The molecule has 0 radical (unpaired) electrons. The number of aromatic nitrogens is 1. The number of carbonyl (C=O) groups excluding carboxylic acids is 1. The number of carboxylic acid groups (broad SMARTS) is 1. The number of hydrogen-bond donors (Lipinski definition) is 2. The van der Waals surface area contributed by atoms with Gasteiger partial charge < -0.3 is 10.4 Å². The minimum absolute atomic E-state index is 0.236. The van der Waals surface area contributed by atoms with Gasteiger partial charge in [-0.3, -0.25) is 4.79 Å². The zero-order chi connectivity index (χ0) is 16.7. The monoisotopic (exact) mass is 332 g/mol. The number of thiazole rings is 1. The standard InChI is InChI=1S/C17H20N2O3S/c1-12-18-14(11-23-12)8-5-9-16(20)19-15(17(21)22)10-13-6-3-2-4-7-13/h2-4,6-7,11,15H,5,8-10H2,1H3,(H,19,20)(H,21,22)/t15-/m1/s1. The molecule has 1 atom stereocenters. The predicted octanol–water partition coefficient (Wildman–Crippen LogP) is 2.59. The molecule has 122 valence electrons. The number of rotatable bonds is 8. The van der Waals surface area contributed by atoms with Crippen molar-refractivity contribution in [3.8, 4) is 0 Å². The van der Waals surface area contributed by atoms with Crippen molar-refractivity contribution >= 4 is 23.2 Å². The molecular weight excluding hydrogens is 312 g/mol. The van der Waals surface area contributed by atoms with Crippen LogP contribution in [-0.4, -0.2) is 28.0 Å². The van der Waals surface area contributed by atoms with Gasteiger partial charge in [0, 0.05) is 18.2 Å². The summed E-state index contributed by atoms with van der Waals surface area (Å²) in [7, 11) is 0. The fourth-order valence-corrected chi connectivity index (χ4v) is 2.92. The van der Waals surface area contributed by atoms with Crippen molar-refractivity contribution in [1.82, 2.24) is 10.3 Å². The molecule has 1 amide bonds. The van der Waals surface area contributed by atoms with E-state index in [0.29, 0.717) is 12.8 Å². The van der Waals surface area contributed by atoms with E-state index in [-0.39, 0.29) is 12.3 Å². The lowest BCUT2D eigenvalue weighted by Gasteiger charge is -2.14. The molecule has 0 saturated carbocycles. The topological polar surface area (TPSA) is 79.3 Å². The Morgan fingerprint density at radius 3 is 2.65 bits per heavy atom. The third-order valence-corrected chi connectivity index (χ3v) is 4.24. The van der Waals surface area contributed by atoms with Gasteiger partial charge in [0.05, 0.1) is 10.7 Å². The Bertz CT molecular complexity index is 655. The minimum Gasteiger partial charge on any atom is -0.480 e. The smallest absolute Gasteiger partial charge is 0.326 e. The zero-order valence-electron chi connectivity index (χ0n) is 13.0. The summed E-state index contributed by atoms with van der Waals surface area (Å²) < 4.78 is 0. The number of nitrogens with one attached hydrogen (secondary N) is 1. The van der Waals surface area contributed by atoms with Gasteiger partial charge >= 0.3 is 5.97 Å². The van der Waals surface area contributed by atoms with Crippen molar-refractivity contribution in [3.63, 3.8) is 0 Å². The number of hydrogen-bond acceptors (Lipinski definition) is 4. The first-order chi connectivity index (χ1) is 11.0. The average molecular weight is 332 g/mol. The molecule has 0 unspecified atom stereocenters. The molecule has 1 aromatic heterocycles. The van der Waals surface area contributed by atoms with Crippen molar-refractivity contribution in [2.45, 2.75) is 38.6 Å². The maximum absolute atomic E-state index is 12.0. The summed E-state index contributed by atoms with van der Waals surface area (Å²) in [5.74, 6) is -1.25. The van der Waals surface area contributed by atoms with Gasteiger partial charge in [-0.1, -0.05) is 30.3 Å². The Balaban J connectivity index is 1.79. The molecule has 1 heterocycles.